The zero-order chi connectivity index (χ0) is 40.0. The van der Waals surface area contributed by atoms with Crippen LogP contribution in [0, 0.1) is 13.8 Å². The number of ether oxygens (including phenoxy) is 2. The highest BCUT2D eigenvalue weighted by atomic mass is 79.9. The topological polar surface area (TPSA) is 119 Å². The molecule has 0 spiro atoms. The monoisotopic (exact) mass is 1000 g/mol. The normalized spacial score (nSPS) is 11.6. The number of carboxylic acid groups (broad SMARTS) is 2. The van der Waals surface area contributed by atoms with E-state index in [4.69, 9.17) is 24.7 Å². The molecular formula is C42H37Br4FN2O6. The summed E-state index contributed by atoms with van der Waals surface area (Å²) < 4.78 is 27.7. The van der Waals surface area contributed by atoms with Crippen LogP contribution in [0.2, 0.25) is 0 Å². The van der Waals surface area contributed by atoms with Crippen LogP contribution in [0.15, 0.2) is 90.7 Å². The van der Waals surface area contributed by atoms with Crippen molar-refractivity contribution in [3.05, 3.63) is 130 Å². The average molecular weight is 1000 g/mol. The minimum Gasteiger partial charge on any atom is -0.482 e. The molecule has 6 aromatic rings. The Labute approximate surface area is 352 Å². The predicted molar refractivity (Wildman–Crippen MR) is 228 cm³/mol. The van der Waals surface area contributed by atoms with Gasteiger partial charge in [-0.1, -0.05) is 51.8 Å². The summed E-state index contributed by atoms with van der Waals surface area (Å²) in [6.07, 6.45) is 0.366. The van der Waals surface area contributed by atoms with Gasteiger partial charge in [-0.15, -0.1) is 0 Å². The summed E-state index contributed by atoms with van der Waals surface area (Å²) in [5.41, 5.74) is 9.25. The standard InChI is InChI=1S/C21H18Br2FNO3.C21H19Br2NO3/c1-3-13-6-11(2)15-10-14(4-5-19(15)25-13)28-20-16(22)7-12(8-17(20)23)9-18(24)21(26)27;1-3-14-6-12(2)16-7-13(4-5-20(16)24-14)8-17-18(22)9-15(10-19(17)23)27-11-21(25)26/h4-8,10,18H,3,9H2,1-2H3,(H,26,27);4-7,9-10H,3,8,11H2,1-2H3,(H,25,26)/t18-;/m0./s1. The van der Waals surface area contributed by atoms with Crippen molar-refractivity contribution >= 4 is 97.5 Å². The number of nitrogens with zero attached hydrogens (tertiary/aromatic N) is 2. The molecule has 2 N–H and O–H groups in total. The van der Waals surface area contributed by atoms with E-state index >= 15 is 0 Å². The molecule has 0 aliphatic carbocycles. The first-order valence-corrected chi connectivity index (χ1v) is 20.5. The fourth-order valence-corrected chi connectivity index (χ4v) is 8.78. The molecule has 286 valence electrons. The number of benzene rings is 4. The van der Waals surface area contributed by atoms with Gasteiger partial charge in [0.05, 0.1) is 20.0 Å². The maximum atomic E-state index is 13.5. The number of hydrogen-bond donors (Lipinski definition) is 2. The summed E-state index contributed by atoms with van der Waals surface area (Å²) in [7, 11) is 0. The van der Waals surface area contributed by atoms with Gasteiger partial charge in [0.2, 0.25) is 6.17 Å². The van der Waals surface area contributed by atoms with Crippen molar-refractivity contribution in [2.45, 2.75) is 59.5 Å². The minimum absolute atomic E-state index is 0.215. The van der Waals surface area contributed by atoms with Crippen LogP contribution in [0.1, 0.15) is 53.1 Å². The van der Waals surface area contributed by atoms with Crippen molar-refractivity contribution in [2.75, 3.05) is 6.61 Å². The molecule has 55 heavy (non-hydrogen) atoms. The van der Waals surface area contributed by atoms with Gasteiger partial charge in [0.25, 0.3) is 0 Å². The second-order valence-electron chi connectivity index (χ2n) is 12.8. The van der Waals surface area contributed by atoms with Crippen molar-refractivity contribution in [1.29, 1.82) is 0 Å². The number of fused-ring (bicyclic) bond motifs is 2. The highest BCUT2D eigenvalue weighted by Gasteiger charge is 2.19. The number of aryl methyl sites for hydroxylation is 4. The number of halogens is 5. The molecule has 0 fully saturated rings. The van der Waals surface area contributed by atoms with E-state index in [0.29, 0.717) is 31.8 Å². The minimum atomic E-state index is -1.95. The fraction of sp³-hybridized carbons (Fsp3) is 0.238. The first kappa shape index (κ1) is 42.2. The molecule has 0 radical (unpaired) electrons. The molecule has 2 heterocycles. The number of aromatic nitrogens is 2. The first-order chi connectivity index (χ1) is 26.1. The lowest BCUT2D eigenvalue weighted by molar-refractivity contribution is -0.142. The van der Waals surface area contributed by atoms with Gasteiger partial charge in [0.1, 0.15) is 11.5 Å². The van der Waals surface area contributed by atoms with Gasteiger partial charge in [-0.05, 0) is 160 Å². The highest BCUT2D eigenvalue weighted by molar-refractivity contribution is 9.11. The van der Waals surface area contributed by atoms with Crippen molar-refractivity contribution in [1.82, 2.24) is 9.97 Å². The summed E-state index contributed by atoms with van der Waals surface area (Å²) in [6, 6.07) is 23.2. The maximum Gasteiger partial charge on any atom is 0.341 e. The molecule has 8 nitrogen and oxygen atoms in total. The van der Waals surface area contributed by atoms with E-state index in [1.807, 2.05) is 25.1 Å². The Morgan fingerprint density at radius 1 is 0.709 bits per heavy atom. The first-order valence-electron chi connectivity index (χ1n) is 17.3. The summed E-state index contributed by atoms with van der Waals surface area (Å²) in [4.78, 5) is 30.7. The van der Waals surface area contributed by atoms with E-state index in [-0.39, 0.29) is 13.0 Å². The van der Waals surface area contributed by atoms with Gasteiger partial charge in [0.15, 0.2) is 12.4 Å². The number of aliphatic carboxylic acids is 2. The molecule has 0 saturated carbocycles. The Kier molecular flexibility index (Phi) is 14.5. The molecule has 6 rings (SSSR count). The Morgan fingerprint density at radius 3 is 1.78 bits per heavy atom. The summed E-state index contributed by atoms with van der Waals surface area (Å²) in [5.74, 6) is -0.795. The van der Waals surface area contributed by atoms with Crippen LogP contribution in [-0.2, 0) is 35.3 Å². The van der Waals surface area contributed by atoms with Crippen LogP contribution in [0.5, 0.6) is 17.2 Å². The molecule has 0 amide bonds. The van der Waals surface area contributed by atoms with Gasteiger partial charge in [-0.3, -0.25) is 9.97 Å². The molecule has 0 saturated heterocycles. The zero-order valence-corrected chi connectivity index (χ0v) is 36.7. The largest absolute Gasteiger partial charge is 0.482 e. The Bertz CT molecular complexity index is 2360. The van der Waals surface area contributed by atoms with Gasteiger partial charge in [0, 0.05) is 37.5 Å². The van der Waals surface area contributed by atoms with Crippen LogP contribution in [0.3, 0.4) is 0 Å². The van der Waals surface area contributed by atoms with Crippen LogP contribution in [0.4, 0.5) is 4.39 Å². The predicted octanol–water partition coefficient (Wildman–Crippen LogP) is 12.1. The number of pyridine rings is 2. The quantitative estimate of drug-likeness (QED) is 0.124. The second-order valence-corrected chi connectivity index (χ2v) is 16.2. The average Bonchev–Trinajstić information content (AvgIpc) is 3.14. The molecule has 13 heteroatoms. The van der Waals surface area contributed by atoms with Crippen molar-refractivity contribution in [3.63, 3.8) is 0 Å². The van der Waals surface area contributed by atoms with E-state index in [2.05, 4.69) is 120 Å². The van der Waals surface area contributed by atoms with Crippen LogP contribution < -0.4 is 9.47 Å². The third kappa shape index (κ3) is 10.9. The Morgan fingerprint density at radius 2 is 1.25 bits per heavy atom. The molecule has 0 aliphatic rings. The maximum absolute atomic E-state index is 13.5. The van der Waals surface area contributed by atoms with E-state index < -0.39 is 18.1 Å². The van der Waals surface area contributed by atoms with Crippen molar-refractivity contribution in [3.8, 4) is 17.2 Å². The van der Waals surface area contributed by atoms with Crippen LogP contribution >= 0.6 is 63.7 Å². The number of carbonyl (C=O) groups is 2. The smallest absolute Gasteiger partial charge is 0.341 e. The second kappa shape index (κ2) is 18.8. The number of rotatable bonds is 12. The van der Waals surface area contributed by atoms with Crippen molar-refractivity contribution < 1.29 is 33.7 Å². The summed E-state index contributed by atoms with van der Waals surface area (Å²) in [6.45, 7) is 7.98. The lowest BCUT2D eigenvalue weighted by Crippen LogP contribution is -2.17. The number of carboxylic acids is 2. The molecule has 4 aromatic carbocycles. The number of alkyl halides is 1. The van der Waals surface area contributed by atoms with Gasteiger partial charge < -0.3 is 19.7 Å². The number of hydrogen-bond acceptors (Lipinski definition) is 6. The SMILES string of the molecule is CCc1cc(C)c2cc(Cc3c(Br)cc(OCC(=O)O)cc3Br)ccc2n1.CCc1cc(C)c2cc(Oc3c(Br)cc(C[C@H](F)C(=O)O)cc3Br)ccc2n1. The van der Waals surface area contributed by atoms with Crippen LogP contribution in [-0.4, -0.2) is 44.9 Å². The third-order valence-corrected chi connectivity index (χ3v) is 11.3. The third-order valence-electron chi connectivity index (χ3n) is 8.72. The van der Waals surface area contributed by atoms with Crippen molar-refractivity contribution in [2.24, 2.45) is 0 Å². The van der Waals surface area contributed by atoms with E-state index in [0.717, 1.165) is 67.1 Å². The molecule has 0 bridgehead atoms. The van der Waals surface area contributed by atoms with Crippen LogP contribution in [0.25, 0.3) is 21.8 Å². The zero-order valence-electron chi connectivity index (χ0n) is 30.4. The fourth-order valence-electron chi connectivity index (χ4n) is 5.91. The highest BCUT2D eigenvalue weighted by Crippen LogP contribution is 2.39. The van der Waals surface area contributed by atoms with E-state index in [1.54, 1.807) is 24.3 Å². The summed E-state index contributed by atoms with van der Waals surface area (Å²) >= 11 is 14.0. The molecule has 0 aliphatic heterocycles. The van der Waals surface area contributed by atoms with E-state index in [1.165, 1.54) is 16.5 Å². The lowest BCUT2D eigenvalue weighted by Gasteiger charge is -2.14. The summed E-state index contributed by atoms with van der Waals surface area (Å²) in [5, 5.41) is 19.7. The van der Waals surface area contributed by atoms with Gasteiger partial charge >= 0.3 is 11.9 Å². The Balaban J connectivity index is 0.000000211. The van der Waals surface area contributed by atoms with Gasteiger partial charge in [-0.25, -0.2) is 14.0 Å². The Hall–Kier alpha value is -3.91. The lowest BCUT2D eigenvalue weighted by atomic mass is 10.0. The molecular weight excluding hydrogens is 967 g/mol. The molecule has 1 atom stereocenters. The molecule has 0 unspecified atom stereocenters. The van der Waals surface area contributed by atoms with E-state index in [9.17, 15) is 14.0 Å². The molecule has 2 aromatic heterocycles. The van der Waals surface area contributed by atoms with Gasteiger partial charge in [-0.2, -0.15) is 0 Å².